The van der Waals surface area contributed by atoms with Crippen LogP contribution in [0.25, 0.3) is 0 Å². The van der Waals surface area contributed by atoms with Gasteiger partial charge in [-0.15, -0.1) is 5.06 Å². The van der Waals surface area contributed by atoms with Crippen molar-refractivity contribution < 1.29 is 28.8 Å². The molecule has 0 saturated carbocycles. The predicted octanol–water partition coefficient (Wildman–Crippen LogP) is 0.0881. The number of imide groups is 1. The minimum atomic E-state index is -0.723. The SMILES string of the molecule is O=C(CCCC1C(=O)C=CC1=O)ON1C(=O)CCC1=O. The van der Waals surface area contributed by atoms with Crippen LogP contribution in [0.2, 0.25) is 0 Å². The van der Waals surface area contributed by atoms with Crippen LogP contribution in [-0.4, -0.2) is 34.4 Å². The zero-order valence-corrected chi connectivity index (χ0v) is 10.7. The summed E-state index contributed by atoms with van der Waals surface area (Å²) in [6, 6.07) is 0. The molecule has 20 heavy (non-hydrogen) atoms. The number of hydroxylamine groups is 2. The molecule has 0 N–H and O–H groups in total. The summed E-state index contributed by atoms with van der Waals surface area (Å²) in [6.07, 6.45) is 3.01. The number of carbonyl (C=O) groups is 5. The van der Waals surface area contributed by atoms with Crippen molar-refractivity contribution >= 4 is 29.4 Å². The molecule has 7 heteroatoms. The first kappa shape index (κ1) is 14.1. The van der Waals surface area contributed by atoms with Crippen LogP contribution in [-0.2, 0) is 28.8 Å². The van der Waals surface area contributed by atoms with Gasteiger partial charge in [0.2, 0.25) is 0 Å². The first-order chi connectivity index (χ1) is 9.49. The third-order valence-corrected chi connectivity index (χ3v) is 3.17. The minimum Gasteiger partial charge on any atom is -0.330 e. The number of hydrogen-bond acceptors (Lipinski definition) is 6. The van der Waals surface area contributed by atoms with E-state index >= 15 is 0 Å². The molecule has 1 fully saturated rings. The molecule has 0 atom stereocenters. The average molecular weight is 279 g/mol. The van der Waals surface area contributed by atoms with Crippen LogP contribution in [0.3, 0.4) is 0 Å². The lowest BCUT2D eigenvalue weighted by Crippen LogP contribution is -2.32. The van der Waals surface area contributed by atoms with Gasteiger partial charge in [-0.3, -0.25) is 19.2 Å². The standard InChI is InChI=1S/C13H13NO6/c15-9-4-5-10(16)8(9)2-1-3-13(19)20-14-11(17)6-7-12(14)18/h4-5,8H,1-3,6-7H2. The Labute approximate surface area is 114 Å². The van der Waals surface area contributed by atoms with Gasteiger partial charge >= 0.3 is 5.97 Å². The van der Waals surface area contributed by atoms with Crippen LogP contribution in [0.15, 0.2) is 12.2 Å². The molecular weight excluding hydrogens is 266 g/mol. The zero-order chi connectivity index (χ0) is 14.7. The highest BCUT2D eigenvalue weighted by Gasteiger charge is 2.33. The Morgan fingerprint density at radius 2 is 1.65 bits per heavy atom. The molecule has 1 aliphatic heterocycles. The Balaban J connectivity index is 1.73. The first-order valence-corrected chi connectivity index (χ1v) is 6.31. The highest BCUT2D eigenvalue weighted by Crippen LogP contribution is 2.18. The van der Waals surface area contributed by atoms with Gasteiger partial charge in [-0.25, -0.2) is 4.79 Å². The van der Waals surface area contributed by atoms with Crippen molar-refractivity contribution in [1.82, 2.24) is 5.06 Å². The molecule has 0 spiro atoms. The van der Waals surface area contributed by atoms with E-state index in [1.54, 1.807) is 0 Å². The number of hydrogen-bond donors (Lipinski definition) is 0. The van der Waals surface area contributed by atoms with Crippen molar-refractivity contribution in [1.29, 1.82) is 0 Å². The molecule has 0 unspecified atom stereocenters. The molecule has 0 radical (unpaired) electrons. The van der Waals surface area contributed by atoms with Crippen molar-refractivity contribution in [3.8, 4) is 0 Å². The summed E-state index contributed by atoms with van der Waals surface area (Å²) >= 11 is 0. The molecule has 106 valence electrons. The van der Waals surface area contributed by atoms with Crippen LogP contribution in [0, 0.1) is 5.92 Å². The van der Waals surface area contributed by atoms with Gasteiger partial charge in [0.25, 0.3) is 11.8 Å². The Kier molecular flexibility index (Phi) is 4.07. The number of allylic oxidation sites excluding steroid dienone is 2. The molecular formula is C13H13NO6. The van der Waals surface area contributed by atoms with Crippen molar-refractivity contribution in [2.45, 2.75) is 32.1 Å². The fourth-order valence-corrected chi connectivity index (χ4v) is 2.08. The molecule has 2 amide bonds. The van der Waals surface area contributed by atoms with Gasteiger partial charge in [-0.05, 0) is 25.0 Å². The quantitative estimate of drug-likeness (QED) is 0.522. The summed E-state index contributed by atoms with van der Waals surface area (Å²) in [6.45, 7) is 0. The second-order valence-corrected chi connectivity index (χ2v) is 4.63. The highest BCUT2D eigenvalue weighted by molar-refractivity contribution is 6.18. The average Bonchev–Trinajstić information content (AvgIpc) is 2.88. The highest BCUT2D eigenvalue weighted by atomic mass is 16.7. The van der Waals surface area contributed by atoms with Gasteiger partial charge in [0.05, 0.1) is 5.92 Å². The smallest absolute Gasteiger partial charge is 0.330 e. The molecule has 2 aliphatic rings. The minimum absolute atomic E-state index is 0.0445. The molecule has 0 aromatic rings. The fraction of sp³-hybridized carbons (Fsp3) is 0.462. The predicted molar refractivity (Wildman–Crippen MR) is 63.7 cm³/mol. The number of amides is 2. The Hall–Kier alpha value is -2.31. The zero-order valence-electron chi connectivity index (χ0n) is 10.7. The molecule has 0 aromatic carbocycles. The summed E-state index contributed by atoms with van der Waals surface area (Å²) in [4.78, 5) is 61.2. The van der Waals surface area contributed by atoms with E-state index in [2.05, 4.69) is 4.84 Å². The summed E-state index contributed by atoms with van der Waals surface area (Å²) in [5.74, 6) is -3.01. The van der Waals surface area contributed by atoms with E-state index in [0.717, 1.165) is 0 Å². The van der Waals surface area contributed by atoms with E-state index in [1.165, 1.54) is 12.2 Å². The van der Waals surface area contributed by atoms with Gasteiger partial charge in [0.15, 0.2) is 11.6 Å². The van der Waals surface area contributed by atoms with Crippen LogP contribution < -0.4 is 0 Å². The van der Waals surface area contributed by atoms with Crippen molar-refractivity contribution in [2.24, 2.45) is 5.92 Å². The van der Waals surface area contributed by atoms with Crippen molar-refractivity contribution in [2.75, 3.05) is 0 Å². The molecule has 2 rings (SSSR count). The van der Waals surface area contributed by atoms with Gasteiger partial charge in [-0.2, -0.15) is 0 Å². The van der Waals surface area contributed by atoms with E-state index in [1.807, 2.05) is 0 Å². The normalized spacial score (nSPS) is 19.3. The summed E-state index contributed by atoms with van der Waals surface area (Å²) < 4.78 is 0. The third kappa shape index (κ3) is 2.98. The van der Waals surface area contributed by atoms with Crippen LogP contribution in [0.5, 0.6) is 0 Å². The Morgan fingerprint density at radius 1 is 1.10 bits per heavy atom. The lowest BCUT2D eigenvalue weighted by atomic mass is 9.98. The number of rotatable bonds is 5. The topological polar surface area (TPSA) is 97.8 Å². The largest absolute Gasteiger partial charge is 0.333 e. The Bertz CT molecular complexity index is 487. The van der Waals surface area contributed by atoms with Crippen LogP contribution >= 0.6 is 0 Å². The van der Waals surface area contributed by atoms with Gasteiger partial charge < -0.3 is 4.84 Å². The monoisotopic (exact) mass is 279 g/mol. The fourth-order valence-electron chi connectivity index (χ4n) is 2.08. The Morgan fingerprint density at radius 3 is 2.20 bits per heavy atom. The summed E-state index contributed by atoms with van der Waals surface area (Å²) in [7, 11) is 0. The maximum Gasteiger partial charge on any atom is 0.333 e. The van der Waals surface area contributed by atoms with E-state index < -0.39 is 23.7 Å². The number of nitrogens with zero attached hydrogens (tertiary/aromatic N) is 1. The van der Waals surface area contributed by atoms with Crippen molar-refractivity contribution in [3.63, 3.8) is 0 Å². The lowest BCUT2D eigenvalue weighted by molar-refractivity contribution is -0.197. The van der Waals surface area contributed by atoms with Crippen molar-refractivity contribution in [3.05, 3.63) is 12.2 Å². The second-order valence-electron chi connectivity index (χ2n) is 4.63. The van der Waals surface area contributed by atoms with Gasteiger partial charge in [0.1, 0.15) is 0 Å². The summed E-state index contributed by atoms with van der Waals surface area (Å²) in [5, 5.41) is 0.482. The summed E-state index contributed by atoms with van der Waals surface area (Å²) in [5.41, 5.74) is 0. The lowest BCUT2D eigenvalue weighted by Gasteiger charge is -2.12. The molecule has 7 nitrogen and oxygen atoms in total. The molecule has 0 aromatic heterocycles. The van der Waals surface area contributed by atoms with Gasteiger partial charge in [0, 0.05) is 19.3 Å². The number of ketones is 2. The second kappa shape index (κ2) is 5.77. The van der Waals surface area contributed by atoms with Gasteiger partial charge in [-0.1, -0.05) is 0 Å². The first-order valence-electron chi connectivity index (χ1n) is 6.31. The number of carbonyl (C=O) groups excluding carboxylic acids is 5. The third-order valence-electron chi connectivity index (χ3n) is 3.17. The molecule has 1 heterocycles. The van der Waals surface area contributed by atoms with E-state index in [-0.39, 0.29) is 43.7 Å². The maximum atomic E-state index is 11.5. The molecule has 0 bridgehead atoms. The van der Waals surface area contributed by atoms with E-state index in [4.69, 9.17) is 0 Å². The molecule has 1 aliphatic carbocycles. The van der Waals surface area contributed by atoms with Crippen LogP contribution in [0.4, 0.5) is 0 Å². The maximum absolute atomic E-state index is 11.5. The molecule has 1 saturated heterocycles. The van der Waals surface area contributed by atoms with E-state index in [0.29, 0.717) is 5.06 Å². The van der Waals surface area contributed by atoms with E-state index in [9.17, 15) is 24.0 Å². The van der Waals surface area contributed by atoms with Crippen LogP contribution in [0.1, 0.15) is 32.1 Å².